The molecule has 120 valence electrons. The number of fused-ring (bicyclic) bond motifs is 1. The normalized spacial score (nSPS) is 20.7. The fourth-order valence-corrected chi connectivity index (χ4v) is 3.59. The van der Waals surface area contributed by atoms with Crippen LogP contribution >= 0.6 is 0 Å². The summed E-state index contributed by atoms with van der Waals surface area (Å²) >= 11 is 0. The second-order valence-electron chi connectivity index (χ2n) is 6.42. The van der Waals surface area contributed by atoms with Crippen LogP contribution in [-0.4, -0.2) is 22.9 Å². The molecular weight excluding hydrogens is 292 g/mol. The Hall–Kier alpha value is -2.58. The molecule has 2 aliphatic heterocycles. The minimum absolute atomic E-state index is 0.266. The average Bonchev–Trinajstić information content (AvgIpc) is 2.63. The van der Waals surface area contributed by atoms with Gasteiger partial charge in [0, 0.05) is 31.5 Å². The summed E-state index contributed by atoms with van der Waals surface area (Å²) in [7, 11) is 0. The lowest BCUT2D eigenvalue weighted by molar-refractivity contribution is 0.135. The van der Waals surface area contributed by atoms with E-state index in [4.69, 9.17) is 0 Å². The zero-order valence-corrected chi connectivity index (χ0v) is 13.8. The van der Waals surface area contributed by atoms with Crippen LogP contribution in [0.15, 0.2) is 96.9 Å². The molecule has 0 aromatic heterocycles. The SMILES string of the molecule is C=C1C=CN2CCN(Cc3ccccc3)C(c3ccccc3)C2=C1. The van der Waals surface area contributed by atoms with Crippen molar-refractivity contribution in [2.45, 2.75) is 12.6 Å². The maximum atomic E-state index is 4.13. The van der Waals surface area contributed by atoms with Crippen molar-refractivity contribution in [3.8, 4) is 0 Å². The van der Waals surface area contributed by atoms with Gasteiger partial charge in [0.1, 0.15) is 0 Å². The van der Waals surface area contributed by atoms with Crippen LogP contribution in [0.4, 0.5) is 0 Å². The van der Waals surface area contributed by atoms with E-state index in [-0.39, 0.29) is 6.04 Å². The van der Waals surface area contributed by atoms with Crippen molar-refractivity contribution in [3.63, 3.8) is 0 Å². The Bertz CT molecular complexity index is 774. The molecule has 4 rings (SSSR count). The third-order valence-electron chi connectivity index (χ3n) is 4.75. The Kier molecular flexibility index (Phi) is 4.06. The lowest BCUT2D eigenvalue weighted by Crippen LogP contribution is -2.45. The number of piperazine rings is 1. The van der Waals surface area contributed by atoms with Crippen molar-refractivity contribution in [2.75, 3.05) is 13.1 Å². The molecule has 0 aliphatic carbocycles. The minimum atomic E-state index is 0.266. The van der Waals surface area contributed by atoms with Crippen molar-refractivity contribution in [1.29, 1.82) is 0 Å². The summed E-state index contributed by atoms with van der Waals surface area (Å²) in [6, 6.07) is 21.8. The fourth-order valence-electron chi connectivity index (χ4n) is 3.59. The molecule has 1 fully saturated rings. The fraction of sp³-hybridized carbons (Fsp3) is 0.182. The highest BCUT2D eigenvalue weighted by molar-refractivity contribution is 5.41. The van der Waals surface area contributed by atoms with E-state index in [1.54, 1.807) is 0 Å². The third-order valence-corrected chi connectivity index (χ3v) is 4.75. The van der Waals surface area contributed by atoms with Crippen molar-refractivity contribution in [3.05, 3.63) is 108 Å². The number of nitrogens with zero attached hydrogens (tertiary/aromatic N) is 2. The van der Waals surface area contributed by atoms with Crippen LogP contribution in [-0.2, 0) is 6.54 Å². The summed E-state index contributed by atoms with van der Waals surface area (Å²) in [5, 5.41) is 0. The smallest absolute Gasteiger partial charge is 0.0759 e. The lowest BCUT2D eigenvalue weighted by Gasteiger charge is -2.44. The van der Waals surface area contributed by atoms with E-state index >= 15 is 0 Å². The van der Waals surface area contributed by atoms with Gasteiger partial charge in [-0.25, -0.2) is 0 Å². The van der Waals surface area contributed by atoms with Gasteiger partial charge in [0.05, 0.1) is 6.04 Å². The van der Waals surface area contributed by atoms with E-state index < -0.39 is 0 Å². The van der Waals surface area contributed by atoms with Crippen LogP contribution in [0.3, 0.4) is 0 Å². The van der Waals surface area contributed by atoms with Crippen molar-refractivity contribution >= 4 is 0 Å². The summed E-state index contributed by atoms with van der Waals surface area (Å²) < 4.78 is 0. The zero-order valence-electron chi connectivity index (χ0n) is 13.8. The molecule has 1 unspecified atom stereocenters. The Labute approximate surface area is 144 Å². The molecule has 1 atom stereocenters. The summed E-state index contributed by atoms with van der Waals surface area (Å²) in [5.41, 5.74) is 5.10. The molecule has 0 radical (unpaired) electrons. The molecule has 0 spiro atoms. The van der Waals surface area contributed by atoms with Crippen LogP contribution in [0.25, 0.3) is 0 Å². The van der Waals surface area contributed by atoms with E-state index in [1.165, 1.54) is 16.8 Å². The number of rotatable bonds is 3. The van der Waals surface area contributed by atoms with Crippen LogP contribution in [0, 0.1) is 0 Å². The van der Waals surface area contributed by atoms with E-state index in [2.05, 4.69) is 95.4 Å². The van der Waals surface area contributed by atoms with Crippen molar-refractivity contribution in [2.24, 2.45) is 0 Å². The quantitative estimate of drug-likeness (QED) is 0.822. The molecule has 2 nitrogen and oxygen atoms in total. The molecule has 0 bridgehead atoms. The van der Waals surface area contributed by atoms with Crippen molar-refractivity contribution < 1.29 is 0 Å². The first-order valence-electron chi connectivity index (χ1n) is 8.49. The summed E-state index contributed by atoms with van der Waals surface area (Å²) in [4.78, 5) is 4.94. The molecule has 2 aliphatic rings. The largest absolute Gasteiger partial charge is 0.348 e. The van der Waals surface area contributed by atoms with E-state index in [1.807, 2.05) is 0 Å². The average molecular weight is 314 g/mol. The minimum Gasteiger partial charge on any atom is -0.348 e. The number of hydrogen-bond donors (Lipinski definition) is 0. The molecule has 0 saturated carbocycles. The highest BCUT2D eigenvalue weighted by Gasteiger charge is 2.32. The maximum Gasteiger partial charge on any atom is 0.0759 e. The molecule has 24 heavy (non-hydrogen) atoms. The molecule has 0 N–H and O–H groups in total. The predicted octanol–water partition coefficient (Wildman–Crippen LogP) is 4.51. The molecule has 2 heterocycles. The van der Waals surface area contributed by atoms with Gasteiger partial charge in [0.15, 0.2) is 0 Å². The highest BCUT2D eigenvalue weighted by atomic mass is 15.3. The van der Waals surface area contributed by atoms with Gasteiger partial charge in [-0.15, -0.1) is 0 Å². The zero-order chi connectivity index (χ0) is 16.4. The Morgan fingerprint density at radius 3 is 2.38 bits per heavy atom. The van der Waals surface area contributed by atoms with Gasteiger partial charge in [0.25, 0.3) is 0 Å². The van der Waals surface area contributed by atoms with Crippen LogP contribution in [0.5, 0.6) is 0 Å². The molecule has 2 heteroatoms. The predicted molar refractivity (Wildman–Crippen MR) is 99.1 cm³/mol. The first-order chi connectivity index (χ1) is 11.8. The molecule has 1 saturated heterocycles. The number of benzene rings is 2. The Morgan fingerprint density at radius 2 is 1.62 bits per heavy atom. The second-order valence-corrected chi connectivity index (χ2v) is 6.42. The molecule has 2 aromatic rings. The van der Waals surface area contributed by atoms with Gasteiger partial charge in [-0.2, -0.15) is 0 Å². The van der Waals surface area contributed by atoms with Gasteiger partial charge in [-0.05, 0) is 28.9 Å². The standard InChI is InChI=1S/C22H22N2/c1-18-12-13-23-14-15-24(17-19-8-4-2-5-9-19)22(21(23)16-18)20-10-6-3-7-11-20/h2-13,16,22H,1,14-15,17H2. The van der Waals surface area contributed by atoms with Gasteiger partial charge in [-0.1, -0.05) is 67.2 Å². The molecule has 2 aromatic carbocycles. The van der Waals surface area contributed by atoms with E-state index in [0.29, 0.717) is 0 Å². The van der Waals surface area contributed by atoms with Crippen LogP contribution < -0.4 is 0 Å². The van der Waals surface area contributed by atoms with E-state index in [9.17, 15) is 0 Å². The first kappa shape index (κ1) is 15.0. The second kappa shape index (κ2) is 6.50. The highest BCUT2D eigenvalue weighted by Crippen LogP contribution is 2.37. The summed E-state index contributed by atoms with van der Waals surface area (Å²) in [5.74, 6) is 0. The molecule has 0 amide bonds. The lowest BCUT2D eigenvalue weighted by atomic mass is 9.95. The van der Waals surface area contributed by atoms with Gasteiger partial charge < -0.3 is 4.90 Å². The van der Waals surface area contributed by atoms with Crippen molar-refractivity contribution in [1.82, 2.24) is 9.80 Å². The van der Waals surface area contributed by atoms with Crippen LogP contribution in [0.1, 0.15) is 17.2 Å². The Balaban J connectivity index is 1.71. The maximum absolute atomic E-state index is 4.13. The van der Waals surface area contributed by atoms with Gasteiger partial charge in [-0.3, -0.25) is 4.90 Å². The Morgan fingerprint density at radius 1 is 0.917 bits per heavy atom. The van der Waals surface area contributed by atoms with Crippen LogP contribution in [0.2, 0.25) is 0 Å². The van der Waals surface area contributed by atoms with Gasteiger partial charge >= 0.3 is 0 Å². The topological polar surface area (TPSA) is 6.48 Å². The monoisotopic (exact) mass is 314 g/mol. The van der Waals surface area contributed by atoms with E-state index in [0.717, 1.165) is 25.2 Å². The summed E-state index contributed by atoms with van der Waals surface area (Å²) in [6.45, 7) is 7.16. The number of allylic oxidation sites excluding steroid dienone is 3. The number of hydrogen-bond acceptors (Lipinski definition) is 2. The first-order valence-corrected chi connectivity index (χ1v) is 8.49. The summed E-state index contributed by atoms with van der Waals surface area (Å²) in [6.07, 6.45) is 6.50. The van der Waals surface area contributed by atoms with Gasteiger partial charge in [0.2, 0.25) is 0 Å². The molecular formula is C22H22N2. The third kappa shape index (κ3) is 2.93.